The number of hydrogen-bond acceptors (Lipinski definition) is 8. The molecule has 0 unspecified atom stereocenters. The highest BCUT2D eigenvalue weighted by Crippen LogP contribution is 2.37. The van der Waals surface area contributed by atoms with Crippen molar-refractivity contribution in [3.05, 3.63) is 65.7 Å². The summed E-state index contributed by atoms with van der Waals surface area (Å²) in [4.78, 5) is 17.6. The molecule has 0 saturated carbocycles. The van der Waals surface area contributed by atoms with Crippen LogP contribution in [0.2, 0.25) is 0 Å². The van der Waals surface area contributed by atoms with Crippen molar-refractivity contribution in [1.29, 1.82) is 0 Å². The van der Waals surface area contributed by atoms with Gasteiger partial charge in [-0.25, -0.2) is 8.42 Å². The third-order valence-corrected chi connectivity index (χ3v) is 9.18. The second-order valence-corrected chi connectivity index (χ2v) is 11.5. The van der Waals surface area contributed by atoms with Crippen LogP contribution < -0.4 is 28.2 Å². The molecule has 0 aliphatic carbocycles. The number of aryl methyl sites for hydroxylation is 1. The minimum absolute atomic E-state index is 0.0624. The molecule has 1 aliphatic heterocycles. The van der Waals surface area contributed by atoms with E-state index in [1.54, 1.807) is 23.1 Å². The fourth-order valence-corrected chi connectivity index (χ4v) is 6.33. The maximum absolute atomic E-state index is 14.1. The van der Waals surface area contributed by atoms with Crippen LogP contribution in [0.15, 0.2) is 59.5 Å². The van der Waals surface area contributed by atoms with Crippen LogP contribution in [0.1, 0.15) is 11.1 Å². The highest BCUT2D eigenvalue weighted by atomic mass is 32.2. The van der Waals surface area contributed by atoms with Gasteiger partial charge in [-0.1, -0.05) is 12.1 Å². The van der Waals surface area contributed by atoms with Crippen LogP contribution in [-0.4, -0.2) is 80.4 Å². The van der Waals surface area contributed by atoms with Crippen LogP contribution in [0.5, 0.6) is 23.0 Å². The van der Waals surface area contributed by atoms with E-state index in [2.05, 4.69) is 30.9 Å². The van der Waals surface area contributed by atoms with Crippen molar-refractivity contribution in [2.24, 2.45) is 0 Å². The molecular weight excluding hydrogens is 546 g/mol. The number of methoxy groups -OCH3 is 4. The number of benzene rings is 3. The first-order valence-electron chi connectivity index (χ1n) is 13.2. The molecular formula is C30H37N3O7S. The van der Waals surface area contributed by atoms with Crippen LogP contribution in [-0.2, 0) is 14.8 Å². The van der Waals surface area contributed by atoms with Crippen LogP contribution in [0.3, 0.4) is 0 Å². The molecule has 3 aromatic carbocycles. The SMILES string of the molecule is COc1ccc(OC)c(N(CC(=O)N2CCN(c3cccc(C)c3C)CC2)S(=O)(=O)c2ccc(OC)c(OC)c2)c1. The van der Waals surface area contributed by atoms with Gasteiger partial charge in [0.25, 0.3) is 10.0 Å². The molecule has 11 heteroatoms. The number of carbonyl (C=O) groups excluding carboxylic acids is 1. The average molecular weight is 584 g/mol. The number of anilines is 2. The Labute approximate surface area is 242 Å². The molecule has 1 fully saturated rings. The Balaban J connectivity index is 1.66. The highest BCUT2D eigenvalue weighted by Gasteiger charge is 2.33. The van der Waals surface area contributed by atoms with Crippen molar-refractivity contribution < 1.29 is 32.2 Å². The number of nitrogens with zero attached hydrogens (tertiary/aromatic N) is 3. The lowest BCUT2D eigenvalue weighted by atomic mass is 10.1. The fourth-order valence-electron chi connectivity index (χ4n) is 4.89. The minimum atomic E-state index is -4.26. The minimum Gasteiger partial charge on any atom is -0.497 e. The summed E-state index contributed by atoms with van der Waals surface area (Å²) in [5.74, 6) is 1.01. The van der Waals surface area contributed by atoms with Crippen molar-refractivity contribution in [2.45, 2.75) is 18.7 Å². The molecule has 0 aromatic heterocycles. The molecule has 1 saturated heterocycles. The number of piperazine rings is 1. The van der Waals surface area contributed by atoms with Gasteiger partial charge >= 0.3 is 0 Å². The first-order valence-corrected chi connectivity index (χ1v) is 14.6. The molecule has 0 spiro atoms. The quantitative estimate of drug-likeness (QED) is 0.355. The Morgan fingerprint density at radius 1 is 0.805 bits per heavy atom. The predicted molar refractivity (Wildman–Crippen MR) is 158 cm³/mol. The Morgan fingerprint density at radius 2 is 1.46 bits per heavy atom. The molecule has 1 aliphatic rings. The standard InChI is InChI=1S/C30H37N3O7S/c1-21-8-7-9-25(22(21)2)31-14-16-32(17-15-31)30(34)20-33(26-18-23(37-3)10-12-27(26)38-4)41(35,36)24-11-13-28(39-5)29(19-24)40-6/h7-13,18-19H,14-17,20H2,1-6H3. The van der Waals surface area contributed by atoms with Gasteiger partial charge in [0.2, 0.25) is 5.91 Å². The normalized spacial score (nSPS) is 13.5. The van der Waals surface area contributed by atoms with Crippen molar-refractivity contribution in [2.75, 3.05) is 70.4 Å². The van der Waals surface area contributed by atoms with Crippen molar-refractivity contribution in [1.82, 2.24) is 4.90 Å². The number of hydrogen-bond donors (Lipinski definition) is 0. The van der Waals surface area contributed by atoms with Gasteiger partial charge in [-0.05, 0) is 55.3 Å². The molecule has 220 valence electrons. The molecule has 4 rings (SSSR count). The van der Waals surface area contributed by atoms with Gasteiger partial charge in [-0.2, -0.15) is 0 Å². The summed E-state index contributed by atoms with van der Waals surface area (Å²) in [7, 11) is 1.57. The van der Waals surface area contributed by atoms with E-state index >= 15 is 0 Å². The smallest absolute Gasteiger partial charge is 0.265 e. The molecule has 0 atom stereocenters. The third kappa shape index (κ3) is 6.14. The van der Waals surface area contributed by atoms with Crippen molar-refractivity contribution in [3.63, 3.8) is 0 Å². The number of carbonyl (C=O) groups is 1. The molecule has 1 heterocycles. The van der Waals surface area contributed by atoms with E-state index in [0.29, 0.717) is 37.7 Å². The lowest BCUT2D eigenvalue weighted by Gasteiger charge is -2.38. The summed E-state index contributed by atoms with van der Waals surface area (Å²) in [6, 6.07) is 15.3. The molecule has 10 nitrogen and oxygen atoms in total. The Morgan fingerprint density at radius 3 is 2.10 bits per heavy atom. The number of amides is 1. The fraction of sp³-hybridized carbons (Fsp3) is 0.367. The average Bonchev–Trinajstić information content (AvgIpc) is 3.00. The molecule has 1 amide bonds. The second-order valence-electron chi connectivity index (χ2n) is 9.65. The summed E-state index contributed by atoms with van der Waals surface area (Å²) in [6.07, 6.45) is 0. The number of sulfonamides is 1. The van der Waals surface area contributed by atoms with E-state index in [4.69, 9.17) is 18.9 Å². The summed E-state index contributed by atoms with van der Waals surface area (Å²) in [5, 5.41) is 0. The Bertz CT molecular complexity index is 1500. The summed E-state index contributed by atoms with van der Waals surface area (Å²) in [6.45, 7) is 5.96. The van der Waals surface area contributed by atoms with Crippen LogP contribution >= 0.6 is 0 Å². The van der Waals surface area contributed by atoms with Crippen LogP contribution in [0, 0.1) is 13.8 Å². The van der Waals surface area contributed by atoms with Crippen molar-refractivity contribution in [3.8, 4) is 23.0 Å². The zero-order chi connectivity index (χ0) is 29.7. The van der Waals surface area contributed by atoms with Gasteiger partial charge in [-0.3, -0.25) is 9.10 Å². The summed E-state index contributed by atoms with van der Waals surface area (Å²) < 4.78 is 50.9. The third-order valence-electron chi connectivity index (χ3n) is 7.43. The number of rotatable bonds is 10. The molecule has 0 N–H and O–H groups in total. The van der Waals surface area contributed by atoms with E-state index in [-0.39, 0.29) is 28.0 Å². The first-order chi connectivity index (χ1) is 19.6. The molecule has 0 radical (unpaired) electrons. The van der Waals surface area contributed by atoms with Crippen LogP contribution in [0.4, 0.5) is 11.4 Å². The lowest BCUT2D eigenvalue weighted by Crippen LogP contribution is -2.52. The Hall–Kier alpha value is -4.12. The van der Waals surface area contributed by atoms with Gasteiger partial charge in [0.1, 0.15) is 18.0 Å². The highest BCUT2D eigenvalue weighted by molar-refractivity contribution is 7.92. The topological polar surface area (TPSA) is 97.9 Å². The zero-order valence-electron chi connectivity index (χ0n) is 24.3. The first kappa shape index (κ1) is 29.9. The van der Waals surface area contributed by atoms with Gasteiger partial charge in [-0.15, -0.1) is 0 Å². The molecule has 0 bridgehead atoms. The van der Waals surface area contributed by atoms with Gasteiger partial charge < -0.3 is 28.7 Å². The maximum Gasteiger partial charge on any atom is 0.265 e. The second kappa shape index (κ2) is 12.6. The van der Waals surface area contributed by atoms with E-state index in [1.165, 1.54) is 57.8 Å². The van der Waals surface area contributed by atoms with E-state index < -0.39 is 16.6 Å². The van der Waals surface area contributed by atoms with Gasteiger partial charge in [0.15, 0.2) is 11.5 Å². The van der Waals surface area contributed by atoms with E-state index in [9.17, 15) is 13.2 Å². The van der Waals surface area contributed by atoms with Crippen molar-refractivity contribution >= 4 is 27.3 Å². The van der Waals surface area contributed by atoms with Gasteiger partial charge in [0, 0.05) is 44.0 Å². The predicted octanol–water partition coefficient (Wildman–Crippen LogP) is 3.88. The Kier molecular flexibility index (Phi) is 9.17. The summed E-state index contributed by atoms with van der Waals surface area (Å²) >= 11 is 0. The number of ether oxygens (including phenoxy) is 4. The van der Waals surface area contributed by atoms with Crippen LogP contribution in [0.25, 0.3) is 0 Å². The zero-order valence-corrected chi connectivity index (χ0v) is 25.2. The summed E-state index contributed by atoms with van der Waals surface area (Å²) in [5.41, 5.74) is 3.76. The molecule has 3 aromatic rings. The van der Waals surface area contributed by atoms with E-state index in [0.717, 1.165) is 9.99 Å². The maximum atomic E-state index is 14.1. The molecule has 41 heavy (non-hydrogen) atoms. The lowest BCUT2D eigenvalue weighted by molar-refractivity contribution is -0.129. The van der Waals surface area contributed by atoms with Gasteiger partial charge in [0.05, 0.1) is 39.0 Å². The van der Waals surface area contributed by atoms with E-state index in [1.807, 2.05) is 6.07 Å². The monoisotopic (exact) mass is 583 g/mol. The largest absolute Gasteiger partial charge is 0.497 e.